The maximum Gasteiger partial charge on any atom is 0.280 e. The first-order valence-corrected chi connectivity index (χ1v) is 9.58. The van der Waals surface area contributed by atoms with E-state index in [1.165, 1.54) is 23.0 Å². The lowest BCUT2D eigenvalue weighted by Gasteiger charge is -2.11. The lowest BCUT2D eigenvalue weighted by atomic mass is 10.0. The molecule has 152 valence electrons. The van der Waals surface area contributed by atoms with Gasteiger partial charge in [-0.1, -0.05) is 30.3 Å². The highest BCUT2D eigenvalue weighted by Gasteiger charge is 2.25. The summed E-state index contributed by atoms with van der Waals surface area (Å²) >= 11 is 0.860. The fourth-order valence-corrected chi connectivity index (χ4v) is 4.16. The van der Waals surface area contributed by atoms with Crippen LogP contribution in [0.2, 0.25) is 0 Å². The quantitative estimate of drug-likeness (QED) is 0.503. The molecule has 0 bridgehead atoms. The van der Waals surface area contributed by atoms with Gasteiger partial charge in [0.15, 0.2) is 0 Å². The van der Waals surface area contributed by atoms with Gasteiger partial charge in [-0.05, 0) is 23.3 Å². The zero-order valence-electron chi connectivity index (χ0n) is 15.6. The minimum atomic E-state index is -2.80. The molecule has 0 aliphatic carbocycles. The summed E-state index contributed by atoms with van der Waals surface area (Å²) in [6, 6.07) is 11.6. The Labute approximate surface area is 173 Å². The smallest absolute Gasteiger partial charge is 0.280 e. The van der Waals surface area contributed by atoms with Crippen molar-refractivity contribution in [2.45, 2.75) is 6.43 Å². The third-order valence-corrected chi connectivity index (χ3v) is 5.60. The number of thiophene rings is 1. The van der Waals surface area contributed by atoms with Crippen LogP contribution in [0.1, 0.15) is 32.3 Å². The summed E-state index contributed by atoms with van der Waals surface area (Å²) in [6.07, 6.45) is -1.34. The number of anilines is 1. The summed E-state index contributed by atoms with van der Waals surface area (Å²) in [6.45, 7) is 0. The number of hydrogen-bond donors (Lipinski definition) is 2. The Kier molecular flexibility index (Phi) is 5.00. The van der Waals surface area contributed by atoms with Crippen LogP contribution in [-0.4, -0.2) is 26.6 Å². The monoisotopic (exact) mass is 427 g/mol. The summed E-state index contributed by atoms with van der Waals surface area (Å²) in [5.41, 5.74) is 6.53. The Balaban J connectivity index is 1.98. The number of nitrogens with two attached hydrogens (primary N) is 1. The zero-order valence-corrected chi connectivity index (χ0v) is 16.4. The van der Waals surface area contributed by atoms with Crippen molar-refractivity contribution in [3.63, 3.8) is 0 Å². The number of amides is 2. The molecule has 30 heavy (non-hydrogen) atoms. The maximum atomic E-state index is 13.5. The van der Waals surface area contributed by atoms with Crippen molar-refractivity contribution in [3.8, 4) is 11.1 Å². The van der Waals surface area contributed by atoms with Crippen LogP contribution in [0.5, 0.6) is 0 Å². The van der Waals surface area contributed by atoms with Crippen LogP contribution in [0.4, 0.5) is 14.5 Å². The maximum absolute atomic E-state index is 13.5. The van der Waals surface area contributed by atoms with Gasteiger partial charge in [0.1, 0.15) is 21.1 Å². The number of nitrogens with one attached hydrogen (secondary N) is 1. The molecule has 0 fully saturated rings. The van der Waals surface area contributed by atoms with Gasteiger partial charge in [0.2, 0.25) is 0 Å². The van der Waals surface area contributed by atoms with Crippen LogP contribution >= 0.6 is 11.3 Å². The molecule has 4 rings (SSSR count). The first-order chi connectivity index (χ1) is 14.4. The number of alkyl halides is 2. The molecule has 3 N–H and O–H groups in total. The Morgan fingerprint density at radius 3 is 2.53 bits per heavy atom. The second-order valence-electron chi connectivity index (χ2n) is 6.41. The van der Waals surface area contributed by atoms with Gasteiger partial charge in [0.25, 0.3) is 18.2 Å². The predicted octanol–water partition coefficient (Wildman–Crippen LogP) is 3.99. The molecule has 0 saturated carbocycles. The van der Waals surface area contributed by atoms with E-state index in [0.29, 0.717) is 16.5 Å². The van der Waals surface area contributed by atoms with Gasteiger partial charge in [0.05, 0.1) is 5.69 Å². The highest BCUT2D eigenvalue weighted by molar-refractivity contribution is 7.21. The Bertz CT molecular complexity index is 1270. The van der Waals surface area contributed by atoms with Crippen LogP contribution in [0.3, 0.4) is 0 Å². The number of halogens is 2. The SMILES string of the molecule is Cn1nccc1C(=O)Nc1c(C(N)=O)sc2nc(C(F)F)cc(-c3ccccc3)c12. The van der Waals surface area contributed by atoms with Gasteiger partial charge in [-0.25, -0.2) is 13.8 Å². The number of nitrogens with zero attached hydrogens (tertiary/aromatic N) is 3. The average Bonchev–Trinajstić information content (AvgIpc) is 3.31. The molecular weight excluding hydrogens is 412 g/mol. The minimum Gasteiger partial charge on any atom is -0.365 e. The second-order valence-corrected chi connectivity index (χ2v) is 7.41. The molecule has 3 aromatic heterocycles. The van der Waals surface area contributed by atoms with E-state index in [1.54, 1.807) is 37.4 Å². The van der Waals surface area contributed by atoms with Gasteiger partial charge in [0, 0.05) is 18.6 Å². The van der Waals surface area contributed by atoms with Crippen LogP contribution in [-0.2, 0) is 7.05 Å². The summed E-state index contributed by atoms with van der Waals surface area (Å²) in [5.74, 6) is -1.31. The molecule has 0 saturated heterocycles. The largest absolute Gasteiger partial charge is 0.365 e. The fraction of sp³-hybridized carbons (Fsp3) is 0.100. The molecule has 10 heteroatoms. The van der Waals surface area contributed by atoms with Crippen LogP contribution < -0.4 is 11.1 Å². The number of carbonyl (C=O) groups is 2. The van der Waals surface area contributed by atoms with Crippen LogP contribution in [0, 0.1) is 0 Å². The highest BCUT2D eigenvalue weighted by Crippen LogP contribution is 2.42. The van der Waals surface area contributed by atoms with E-state index in [4.69, 9.17) is 5.73 Å². The minimum absolute atomic E-state index is 0.0246. The summed E-state index contributed by atoms with van der Waals surface area (Å²) in [5, 5.41) is 7.03. The Morgan fingerprint density at radius 1 is 1.20 bits per heavy atom. The van der Waals surface area contributed by atoms with Crippen LogP contribution in [0.25, 0.3) is 21.3 Å². The number of benzene rings is 1. The summed E-state index contributed by atoms with van der Waals surface area (Å²) < 4.78 is 28.3. The normalized spacial score (nSPS) is 11.2. The number of hydrogen-bond acceptors (Lipinski definition) is 5. The molecule has 1 aromatic carbocycles. The van der Waals surface area contributed by atoms with E-state index >= 15 is 0 Å². The standard InChI is InChI=1S/C20H15F2N5O2S/c1-27-13(7-8-24-27)19(29)26-15-14-11(10-5-3-2-4-6-10)9-12(17(21)22)25-20(14)30-16(15)18(23)28/h2-9,17H,1H3,(H2,23,28)(H,26,29). The van der Waals surface area contributed by atoms with Crippen molar-refractivity contribution in [1.29, 1.82) is 0 Å². The Hall–Kier alpha value is -3.66. The van der Waals surface area contributed by atoms with E-state index in [1.807, 2.05) is 0 Å². The molecule has 4 aromatic rings. The van der Waals surface area contributed by atoms with E-state index < -0.39 is 23.9 Å². The third-order valence-electron chi connectivity index (χ3n) is 4.51. The molecule has 7 nitrogen and oxygen atoms in total. The number of aromatic nitrogens is 3. The van der Waals surface area contributed by atoms with Crippen molar-refractivity contribution in [2.24, 2.45) is 12.8 Å². The third kappa shape index (κ3) is 3.41. The number of aryl methyl sites for hydroxylation is 1. The van der Waals surface area contributed by atoms with Crippen molar-refractivity contribution in [3.05, 3.63) is 64.9 Å². The van der Waals surface area contributed by atoms with Crippen molar-refractivity contribution in [2.75, 3.05) is 5.32 Å². The predicted molar refractivity (Wildman–Crippen MR) is 110 cm³/mol. The van der Waals surface area contributed by atoms with Gasteiger partial charge in [-0.2, -0.15) is 5.10 Å². The van der Waals surface area contributed by atoms with E-state index in [-0.39, 0.29) is 21.1 Å². The zero-order chi connectivity index (χ0) is 21.4. The first kappa shape index (κ1) is 19.6. The van der Waals surface area contributed by atoms with Crippen molar-refractivity contribution in [1.82, 2.24) is 14.8 Å². The van der Waals surface area contributed by atoms with E-state index in [9.17, 15) is 18.4 Å². The summed E-state index contributed by atoms with van der Waals surface area (Å²) in [7, 11) is 1.60. The number of carbonyl (C=O) groups excluding carboxylic acids is 2. The summed E-state index contributed by atoms with van der Waals surface area (Å²) in [4.78, 5) is 29.1. The first-order valence-electron chi connectivity index (χ1n) is 8.77. The second kappa shape index (κ2) is 7.64. The van der Waals surface area contributed by atoms with Crippen LogP contribution in [0.15, 0.2) is 48.7 Å². The number of primary amides is 1. The number of pyridine rings is 1. The van der Waals surface area contributed by atoms with Gasteiger partial charge in [-0.3, -0.25) is 14.3 Å². The lowest BCUT2D eigenvalue weighted by Crippen LogP contribution is -2.19. The number of rotatable bonds is 5. The van der Waals surface area contributed by atoms with Crippen molar-refractivity contribution >= 4 is 39.1 Å². The highest BCUT2D eigenvalue weighted by atomic mass is 32.1. The number of fused-ring (bicyclic) bond motifs is 1. The molecule has 0 unspecified atom stereocenters. The van der Waals surface area contributed by atoms with E-state index in [2.05, 4.69) is 15.4 Å². The molecule has 0 aliphatic heterocycles. The van der Waals surface area contributed by atoms with Crippen molar-refractivity contribution < 1.29 is 18.4 Å². The average molecular weight is 427 g/mol. The van der Waals surface area contributed by atoms with Gasteiger partial charge >= 0.3 is 0 Å². The fourth-order valence-electron chi connectivity index (χ4n) is 3.14. The lowest BCUT2D eigenvalue weighted by molar-refractivity contribution is 0.100. The molecule has 3 heterocycles. The van der Waals surface area contributed by atoms with Gasteiger partial charge < -0.3 is 11.1 Å². The molecule has 0 spiro atoms. The molecule has 0 radical (unpaired) electrons. The van der Waals surface area contributed by atoms with E-state index in [0.717, 1.165) is 11.3 Å². The topological polar surface area (TPSA) is 103 Å². The molecule has 2 amide bonds. The van der Waals surface area contributed by atoms with Gasteiger partial charge in [-0.15, -0.1) is 11.3 Å². The molecular formula is C20H15F2N5O2S. The molecule has 0 atom stereocenters. The Morgan fingerprint density at radius 2 is 1.93 bits per heavy atom. The molecule has 0 aliphatic rings.